The number of hydrogen-bond donors (Lipinski definition) is 1. The van der Waals surface area contributed by atoms with Crippen LogP contribution >= 0.6 is 0 Å². The molecule has 24 heavy (non-hydrogen) atoms. The molecule has 6 nitrogen and oxygen atoms in total. The molecule has 0 aliphatic carbocycles. The molecule has 0 unspecified atom stereocenters. The Morgan fingerprint density at radius 2 is 2.00 bits per heavy atom. The summed E-state index contributed by atoms with van der Waals surface area (Å²) in [4.78, 5) is 17.3. The van der Waals surface area contributed by atoms with Crippen LogP contribution in [0.5, 0.6) is 5.88 Å². The zero-order chi connectivity index (χ0) is 16.8. The summed E-state index contributed by atoms with van der Waals surface area (Å²) in [5, 5.41) is 3.32. The number of ether oxygens (including phenoxy) is 1. The van der Waals surface area contributed by atoms with E-state index in [0.717, 1.165) is 22.6 Å². The third-order valence-electron chi connectivity index (χ3n) is 3.39. The molecule has 122 valence electrons. The number of hydrogen-bond acceptors (Lipinski definition) is 6. The van der Waals surface area contributed by atoms with Crippen LogP contribution in [0.3, 0.4) is 0 Å². The molecule has 3 rings (SSSR count). The molecule has 3 heterocycles. The number of aromatic nitrogens is 4. The summed E-state index contributed by atoms with van der Waals surface area (Å²) in [6, 6.07) is 9.67. The Balaban J connectivity index is 1.80. The SMILES string of the molecule is CCOc1ncccc1CNc1cc(-c2cccnc2)nc(C)n1. The van der Waals surface area contributed by atoms with Gasteiger partial charge in [-0.3, -0.25) is 4.98 Å². The minimum absolute atomic E-state index is 0.576. The quantitative estimate of drug-likeness (QED) is 0.751. The van der Waals surface area contributed by atoms with Gasteiger partial charge in [-0.15, -0.1) is 0 Å². The van der Waals surface area contributed by atoms with Gasteiger partial charge in [0.05, 0.1) is 12.3 Å². The van der Waals surface area contributed by atoms with Crippen LogP contribution in [0.1, 0.15) is 18.3 Å². The zero-order valence-electron chi connectivity index (χ0n) is 13.7. The van der Waals surface area contributed by atoms with Crippen molar-refractivity contribution in [1.29, 1.82) is 0 Å². The number of nitrogens with zero attached hydrogens (tertiary/aromatic N) is 4. The number of pyridine rings is 2. The van der Waals surface area contributed by atoms with Gasteiger partial charge in [0.15, 0.2) is 0 Å². The van der Waals surface area contributed by atoms with Crippen molar-refractivity contribution in [2.45, 2.75) is 20.4 Å². The van der Waals surface area contributed by atoms with Crippen molar-refractivity contribution >= 4 is 5.82 Å². The maximum absolute atomic E-state index is 5.55. The van der Waals surface area contributed by atoms with Crippen LogP contribution < -0.4 is 10.1 Å². The summed E-state index contributed by atoms with van der Waals surface area (Å²) < 4.78 is 5.55. The molecule has 0 fully saturated rings. The van der Waals surface area contributed by atoms with Crippen molar-refractivity contribution in [3.63, 3.8) is 0 Å². The normalized spacial score (nSPS) is 10.4. The van der Waals surface area contributed by atoms with Crippen LogP contribution in [0.15, 0.2) is 48.9 Å². The van der Waals surface area contributed by atoms with Gasteiger partial charge in [0.1, 0.15) is 11.6 Å². The summed E-state index contributed by atoms with van der Waals surface area (Å²) in [5.74, 6) is 2.11. The molecule has 6 heteroatoms. The molecular formula is C18H19N5O. The van der Waals surface area contributed by atoms with Crippen molar-refractivity contribution in [2.24, 2.45) is 0 Å². The summed E-state index contributed by atoms with van der Waals surface area (Å²) in [6.45, 7) is 4.98. The summed E-state index contributed by atoms with van der Waals surface area (Å²) >= 11 is 0. The van der Waals surface area contributed by atoms with E-state index in [0.29, 0.717) is 24.9 Å². The van der Waals surface area contributed by atoms with E-state index in [1.165, 1.54) is 0 Å². The third-order valence-corrected chi connectivity index (χ3v) is 3.39. The van der Waals surface area contributed by atoms with Gasteiger partial charge in [0.2, 0.25) is 5.88 Å². The van der Waals surface area contributed by atoms with Gasteiger partial charge in [-0.05, 0) is 32.0 Å². The fraction of sp³-hybridized carbons (Fsp3) is 0.222. The Labute approximate surface area is 141 Å². The van der Waals surface area contributed by atoms with Crippen LogP contribution in [-0.4, -0.2) is 26.5 Å². The maximum Gasteiger partial charge on any atom is 0.218 e. The van der Waals surface area contributed by atoms with Gasteiger partial charge in [-0.2, -0.15) is 0 Å². The highest BCUT2D eigenvalue weighted by Crippen LogP contribution is 2.20. The maximum atomic E-state index is 5.55. The van der Waals surface area contributed by atoms with Crippen molar-refractivity contribution < 1.29 is 4.74 Å². The molecular weight excluding hydrogens is 302 g/mol. The molecule has 0 saturated heterocycles. The van der Waals surface area contributed by atoms with Crippen molar-refractivity contribution in [3.05, 3.63) is 60.3 Å². The first kappa shape index (κ1) is 15.9. The molecule has 0 amide bonds. The summed E-state index contributed by atoms with van der Waals surface area (Å²) in [7, 11) is 0. The van der Waals surface area contributed by atoms with Crippen molar-refractivity contribution in [2.75, 3.05) is 11.9 Å². The van der Waals surface area contributed by atoms with Gasteiger partial charge >= 0.3 is 0 Å². The Bertz CT molecular complexity index is 808. The molecule has 0 bridgehead atoms. The fourth-order valence-electron chi connectivity index (χ4n) is 2.33. The summed E-state index contributed by atoms with van der Waals surface area (Å²) in [5.41, 5.74) is 2.79. The number of nitrogens with one attached hydrogen (secondary N) is 1. The lowest BCUT2D eigenvalue weighted by atomic mass is 10.2. The largest absolute Gasteiger partial charge is 0.478 e. The first-order chi connectivity index (χ1) is 11.8. The first-order valence-corrected chi connectivity index (χ1v) is 7.83. The zero-order valence-corrected chi connectivity index (χ0v) is 13.7. The first-order valence-electron chi connectivity index (χ1n) is 7.83. The Hall–Kier alpha value is -3.02. The van der Waals surface area contributed by atoms with Crippen LogP contribution in [0.25, 0.3) is 11.3 Å². The molecule has 0 aromatic carbocycles. The van der Waals surface area contributed by atoms with E-state index in [9.17, 15) is 0 Å². The Kier molecular flexibility index (Phi) is 4.96. The smallest absolute Gasteiger partial charge is 0.218 e. The Morgan fingerprint density at radius 1 is 1.12 bits per heavy atom. The van der Waals surface area contributed by atoms with Crippen LogP contribution in [-0.2, 0) is 6.54 Å². The lowest BCUT2D eigenvalue weighted by molar-refractivity contribution is 0.323. The fourth-order valence-corrected chi connectivity index (χ4v) is 2.33. The lowest BCUT2D eigenvalue weighted by Crippen LogP contribution is -2.07. The minimum atomic E-state index is 0.576. The van der Waals surface area contributed by atoms with E-state index < -0.39 is 0 Å². The predicted octanol–water partition coefficient (Wildman–Crippen LogP) is 3.25. The van der Waals surface area contributed by atoms with Crippen LogP contribution in [0, 0.1) is 6.92 Å². The highest BCUT2D eigenvalue weighted by Gasteiger charge is 2.07. The predicted molar refractivity (Wildman–Crippen MR) is 92.7 cm³/mol. The van der Waals surface area contributed by atoms with Gasteiger partial charge in [-0.1, -0.05) is 6.07 Å². The number of anilines is 1. The second-order valence-electron chi connectivity index (χ2n) is 5.18. The van der Waals surface area contributed by atoms with Crippen molar-refractivity contribution in [1.82, 2.24) is 19.9 Å². The summed E-state index contributed by atoms with van der Waals surface area (Å²) in [6.07, 6.45) is 5.26. The molecule has 3 aromatic rings. The molecule has 0 spiro atoms. The van der Waals surface area contributed by atoms with E-state index >= 15 is 0 Å². The molecule has 0 aliphatic rings. The highest BCUT2D eigenvalue weighted by molar-refractivity contribution is 5.61. The molecule has 0 aliphatic heterocycles. The third kappa shape index (κ3) is 3.84. The van der Waals surface area contributed by atoms with Gasteiger partial charge in [0.25, 0.3) is 0 Å². The monoisotopic (exact) mass is 321 g/mol. The molecule has 0 atom stereocenters. The van der Waals surface area contributed by atoms with E-state index in [2.05, 4.69) is 25.3 Å². The molecule has 0 radical (unpaired) electrons. The van der Waals surface area contributed by atoms with Crippen LogP contribution in [0.2, 0.25) is 0 Å². The van der Waals surface area contributed by atoms with E-state index in [-0.39, 0.29) is 0 Å². The topological polar surface area (TPSA) is 72.8 Å². The molecule has 1 N–H and O–H groups in total. The highest BCUT2D eigenvalue weighted by atomic mass is 16.5. The average molecular weight is 321 g/mol. The lowest BCUT2D eigenvalue weighted by Gasteiger charge is -2.11. The minimum Gasteiger partial charge on any atom is -0.478 e. The molecule has 3 aromatic heterocycles. The van der Waals surface area contributed by atoms with Gasteiger partial charge in [-0.25, -0.2) is 15.0 Å². The standard InChI is InChI=1S/C18H19N5O/c1-3-24-18-15(7-5-9-20-18)12-21-17-10-16(22-13(2)23-17)14-6-4-8-19-11-14/h4-11H,3,12H2,1-2H3,(H,21,22,23). The van der Waals surface area contributed by atoms with Crippen LogP contribution in [0.4, 0.5) is 5.82 Å². The van der Waals surface area contributed by atoms with Crippen molar-refractivity contribution in [3.8, 4) is 17.1 Å². The number of aryl methyl sites for hydroxylation is 1. The molecule has 0 saturated carbocycles. The van der Waals surface area contributed by atoms with E-state index in [1.54, 1.807) is 18.6 Å². The Morgan fingerprint density at radius 3 is 2.79 bits per heavy atom. The second-order valence-corrected chi connectivity index (χ2v) is 5.18. The second kappa shape index (κ2) is 7.50. The van der Waals surface area contributed by atoms with E-state index in [4.69, 9.17) is 4.74 Å². The number of rotatable bonds is 6. The van der Waals surface area contributed by atoms with Gasteiger partial charge < -0.3 is 10.1 Å². The van der Waals surface area contributed by atoms with E-state index in [1.807, 2.05) is 44.2 Å². The average Bonchev–Trinajstić information content (AvgIpc) is 2.61. The van der Waals surface area contributed by atoms with Gasteiger partial charge in [0, 0.05) is 42.3 Å².